The highest BCUT2D eigenvalue weighted by molar-refractivity contribution is 7.53. The summed E-state index contributed by atoms with van der Waals surface area (Å²) in [6, 6.07) is 0. The SMILES string of the molecule is CC(C)(C)COP(=O)(O)CC(N)=NO. The molecule has 0 aromatic heterocycles. The monoisotopic (exact) mass is 224 g/mol. The van der Waals surface area contributed by atoms with Crippen molar-refractivity contribution in [2.45, 2.75) is 20.8 Å². The standard InChI is InChI=1S/C7H17N2O4P/c1-7(2,3)5-13-14(11,12)4-6(8)9-10/h10H,4-5H2,1-3H3,(H2,8,9)(H,11,12). The molecule has 0 aliphatic carbocycles. The van der Waals surface area contributed by atoms with Gasteiger partial charge in [-0.05, 0) is 5.41 Å². The Morgan fingerprint density at radius 2 is 2.07 bits per heavy atom. The third-order valence-electron chi connectivity index (χ3n) is 1.19. The molecular weight excluding hydrogens is 207 g/mol. The molecule has 1 unspecified atom stereocenters. The van der Waals surface area contributed by atoms with E-state index in [1.807, 2.05) is 20.8 Å². The van der Waals surface area contributed by atoms with Gasteiger partial charge in [-0.15, -0.1) is 0 Å². The Morgan fingerprint density at radius 1 is 1.57 bits per heavy atom. The van der Waals surface area contributed by atoms with Crippen molar-refractivity contribution in [1.82, 2.24) is 0 Å². The molecular formula is C7H17N2O4P. The zero-order valence-corrected chi connectivity index (χ0v) is 9.49. The van der Waals surface area contributed by atoms with E-state index in [0.29, 0.717) is 0 Å². The van der Waals surface area contributed by atoms with E-state index >= 15 is 0 Å². The number of rotatable bonds is 4. The van der Waals surface area contributed by atoms with Crippen LogP contribution in [0.5, 0.6) is 0 Å². The quantitative estimate of drug-likeness (QED) is 0.217. The van der Waals surface area contributed by atoms with Crippen LogP contribution >= 0.6 is 7.60 Å². The van der Waals surface area contributed by atoms with Crippen molar-refractivity contribution in [2.75, 3.05) is 12.8 Å². The van der Waals surface area contributed by atoms with E-state index in [9.17, 15) is 9.46 Å². The molecule has 0 saturated carbocycles. The lowest BCUT2D eigenvalue weighted by atomic mass is 9.99. The maximum atomic E-state index is 11.3. The molecule has 0 aliphatic heterocycles. The minimum Gasteiger partial charge on any atom is -0.409 e. The van der Waals surface area contributed by atoms with Crippen LogP contribution in [0.25, 0.3) is 0 Å². The van der Waals surface area contributed by atoms with Crippen molar-refractivity contribution >= 4 is 13.4 Å². The molecule has 0 spiro atoms. The van der Waals surface area contributed by atoms with Crippen LogP contribution in [0.3, 0.4) is 0 Å². The molecule has 6 nitrogen and oxygen atoms in total. The lowest BCUT2D eigenvalue weighted by molar-refractivity contribution is 0.176. The molecule has 0 bridgehead atoms. The predicted molar refractivity (Wildman–Crippen MR) is 53.5 cm³/mol. The second-order valence-electron chi connectivity index (χ2n) is 4.22. The normalized spacial score (nSPS) is 17.9. The fourth-order valence-corrected chi connectivity index (χ4v) is 1.73. The number of oxime groups is 1. The molecule has 0 fully saturated rings. The van der Waals surface area contributed by atoms with Gasteiger partial charge in [-0.25, -0.2) is 0 Å². The Kier molecular flexibility index (Phi) is 4.58. The van der Waals surface area contributed by atoms with Crippen molar-refractivity contribution in [3.63, 3.8) is 0 Å². The first kappa shape index (κ1) is 13.4. The van der Waals surface area contributed by atoms with Crippen LogP contribution in [-0.4, -0.2) is 28.7 Å². The van der Waals surface area contributed by atoms with Crippen molar-refractivity contribution in [3.8, 4) is 0 Å². The lowest BCUT2D eigenvalue weighted by Crippen LogP contribution is -2.20. The molecule has 0 radical (unpaired) electrons. The van der Waals surface area contributed by atoms with Crippen LogP contribution in [0.4, 0.5) is 0 Å². The van der Waals surface area contributed by atoms with Crippen LogP contribution in [-0.2, 0) is 9.09 Å². The topological polar surface area (TPSA) is 105 Å². The molecule has 0 aromatic carbocycles. The van der Waals surface area contributed by atoms with Gasteiger partial charge in [0.2, 0.25) is 0 Å². The fourth-order valence-electron chi connectivity index (χ4n) is 0.576. The molecule has 84 valence electrons. The van der Waals surface area contributed by atoms with Gasteiger partial charge < -0.3 is 20.4 Å². The second kappa shape index (κ2) is 4.77. The van der Waals surface area contributed by atoms with E-state index in [-0.39, 0.29) is 17.9 Å². The Labute approximate surface area is 83.3 Å². The van der Waals surface area contributed by atoms with E-state index in [1.165, 1.54) is 0 Å². The molecule has 0 aliphatic rings. The van der Waals surface area contributed by atoms with Gasteiger partial charge in [-0.1, -0.05) is 25.9 Å². The van der Waals surface area contributed by atoms with Gasteiger partial charge in [0.1, 0.15) is 6.16 Å². The van der Waals surface area contributed by atoms with Crippen molar-refractivity contribution in [2.24, 2.45) is 16.3 Å². The van der Waals surface area contributed by atoms with Crippen LogP contribution < -0.4 is 5.73 Å². The van der Waals surface area contributed by atoms with Crippen LogP contribution in [0.1, 0.15) is 20.8 Å². The average molecular weight is 224 g/mol. The number of nitrogens with two attached hydrogens (primary N) is 1. The zero-order chi connectivity index (χ0) is 11.4. The summed E-state index contributed by atoms with van der Waals surface area (Å²) in [4.78, 5) is 9.24. The number of nitrogens with zero attached hydrogens (tertiary/aromatic N) is 1. The van der Waals surface area contributed by atoms with E-state index < -0.39 is 13.8 Å². The Hall–Kier alpha value is -0.580. The molecule has 0 amide bonds. The van der Waals surface area contributed by atoms with Crippen molar-refractivity contribution in [1.29, 1.82) is 0 Å². The summed E-state index contributed by atoms with van der Waals surface area (Å²) in [5, 5.41) is 10.8. The highest BCUT2D eigenvalue weighted by atomic mass is 31.2. The van der Waals surface area contributed by atoms with Gasteiger partial charge in [0, 0.05) is 0 Å². The average Bonchev–Trinajstić information content (AvgIpc) is 1.99. The van der Waals surface area contributed by atoms with Gasteiger partial charge in [-0.3, -0.25) is 4.57 Å². The van der Waals surface area contributed by atoms with Gasteiger partial charge in [0.05, 0.1) is 6.61 Å². The van der Waals surface area contributed by atoms with E-state index in [2.05, 4.69) is 5.16 Å². The maximum Gasteiger partial charge on any atom is 0.335 e. The smallest absolute Gasteiger partial charge is 0.335 e. The minimum atomic E-state index is -3.78. The molecule has 1 atom stereocenters. The van der Waals surface area contributed by atoms with Gasteiger partial charge in [0.15, 0.2) is 5.84 Å². The van der Waals surface area contributed by atoms with Crippen LogP contribution in [0.2, 0.25) is 0 Å². The molecule has 0 rings (SSSR count). The molecule has 0 saturated heterocycles. The van der Waals surface area contributed by atoms with Gasteiger partial charge in [-0.2, -0.15) is 0 Å². The summed E-state index contributed by atoms with van der Waals surface area (Å²) in [7, 11) is -3.78. The van der Waals surface area contributed by atoms with E-state index in [4.69, 9.17) is 15.5 Å². The molecule has 7 heteroatoms. The first-order valence-corrected chi connectivity index (χ1v) is 5.85. The summed E-state index contributed by atoms with van der Waals surface area (Å²) in [6.07, 6.45) is -0.459. The van der Waals surface area contributed by atoms with Crippen molar-refractivity contribution < 1.29 is 19.2 Å². The summed E-state index contributed by atoms with van der Waals surface area (Å²) in [6.45, 7) is 5.75. The molecule has 0 aromatic rings. The molecule has 14 heavy (non-hydrogen) atoms. The van der Waals surface area contributed by atoms with Gasteiger partial charge in [0.25, 0.3) is 0 Å². The minimum absolute atomic E-state index is 0.138. The molecule has 4 N–H and O–H groups in total. The summed E-state index contributed by atoms with van der Waals surface area (Å²) >= 11 is 0. The maximum absolute atomic E-state index is 11.3. The first-order chi connectivity index (χ1) is 6.16. The van der Waals surface area contributed by atoms with E-state index in [0.717, 1.165) is 0 Å². The Balaban J connectivity index is 4.16. The first-order valence-electron chi connectivity index (χ1n) is 4.09. The van der Waals surface area contributed by atoms with Crippen molar-refractivity contribution in [3.05, 3.63) is 0 Å². The van der Waals surface area contributed by atoms with Crippen LogP contribution in [0, 0.1) is 5.41 Å². The highest BCUT2D eigenvalue weighted by Crippen LogP contribution is 2.42. The van der Waals surface area contributed by atoms with Crippen LogP contribution in [0.15, 0.2) is 5.16 Å². The molecule has 0 heterocycles. The third-order valence-corrected chi connectivity index (χ3v) is 2.45. The van der Waals surface area contributed by atoms with Gasteiger partial charge >= 0.3 is 7.60 Å². The summed E-state index contributed by atoms with van der Waals surface area (Å²) < 4.78 is 16.1. The zero-order valence-electron chi connectivity index (χ0n) is 8.60. The number of hydrogen-bond donors (Lipinski definition) is 3. The Morgan fingerprint density at radius 3 is 2.43 bits per heavy atom. The number of amidine groups is 1. The Bertz CT molecular complexity index is 259. The number of hydrogen-bond acceptors (Lipinski definition) is 4. The largest absolute Gasteiger partial charge is 0.409 e. The van der Waals surface area contributed by atoms with E-state index in [1.54, 1.807) is 0 Å². The second-order valence-corrected chi connectivity index (χ2v) is 6.07. The summed E-state index contributed by atoms with van der Waals surface area (Å²) in [5.41, 5.74) is 4.88. The lowest BCUT2D eigenvalue weighted by Gasteiger charge is -2.20. The predicted octanol–water partition coefficient (Wildman–Crippen LogP) is 0.981. The fraction of sp³-hybridized carbons (Fsp3) is 0.857. The third kappa shape index (κ3) is 6.88. The highest BCUT2D eigenvalue weighted by Gasteiger charge is 2.24. The summed E-state index contributed by atoms with van der Waals surface area (Å²) in [5.74, 6) is -0.315.